The molecule has 0 saturated heterocycles. The maximum absolute atomic E-state index is 12.6. The van der Waals surface area contributed by atoms with E-state index in [0.29, 0.717) is 11.4 Å². The summed E-state index contributed by atoms with van der Waals surface area (Å²) in [6.45, 7) is 5.71. The Morgan fingerprint density at radius 1 is 1.18 bits per heavy atom. The summed E-state index contributed by atoms with van der Waals surface area (Å²) in [7, 11) is -3.80. The highest BCUT2D eigenvalue weighted by molar-refractivity contribution is 7.89. The third-order valence-corrected chi connectivity index (χ3v) is 6.23. The van der Waals surface area contributed by atoms with Crippen LogP contribution in [0.1, 0.15) is 26.3 Å². The maximum Gasteiger partial charge on any atom is 0.295 e. The lowest BCUT2D eigenvalue weighted by Crippen LogP contribution is -2.30. The first-order chi connectivity index (χ1) is 13.2. The molecular formula is C18H23N5O4S. The first-order valence-electron chi connectivity index (χ1n) is 8.65. The van der Waals surface area contributed by atoms with Crippen LogP contribution in [0.15, 0.2) is 52.5 Å². The fraction of sp³-hybridized carbons (Fsp3) is 0.278. The molecule has 0 aliphatic rings. The van der Waals surface area contributed by atoms with Gasteiger partial charge in [-0.2, -0.15) is 9.41 Å². The van der Waals surface area contributed by atoms with Crippen LogP contribution < -0.4 is 11.2 Å². The average Bonchev–Trinajstić information content (AvgIpc) is 2.67. The van der Waals surface area contributed by atoms with Gasteiger partial charge in [0.1, 0.15) is 5.69 Å². The van der Waals surface area contributed by atoms with E-state index in [4.69, 9.17) is 5.73 Å². The number of hydrogen-bond acceptors (Lipinski definition) is 7. The molecule has 0 fully saturated rings. The van der Waals surface area contributed by atoms with Crippen LogP contribution in [-0.2, 0) is 10.0 Å². The van der Waals surface area contributed by atoms with E-state index in [9.17, 15) is 18.5 Å². The number of benzene rings is 2. The van der Waals surface area contributed by atoms with Crippen LogP contribution in [0.25, 0.3) is 0 Å². The Kier molecular flexibility index (Phi) is 6.71. The monoisotopic (exact) mass is 405 g/mol. The number of nitro benzene ring substituents is 1. The summed E-state index contributed by atoms with van der Waals surface area (Å²) in [5.41, 5.74) is 10.0. The van der Waals surface area contributed by atoms with Crippen molar-refractivity contribution in [3.8, 4) is 0 Å². The van der Waals surface area contributed by atoms with Crippen LogP contribution >= 0.6 is 0 Å². The molecule has 0 amide bonds. The number of anilines is 2. The number of nitrogens with one attached hydrogen (secondary N) is 1. The molecule has 150 valence electrons. The molecule has 0 spiro atoms. The van der Waals surface area contributed by atoms with Gasteiger partial charge in [0.25, 0.3) is 5.69 Å². The normalized spacial score (nSPS) is 12.2. The second-order valence-corrected chi connectivity index (χ2v) is 7.89. The van der Waals surface area contributed by atoms with Crippen molar-refractivity contribution in [2.75, 3.05) is 24.2 Å². The molecule has 10 heteroatoms. The van der Waals surface area contributed by atoms with E-state index in [1.54, 1.807) is 45.0 Å². The van der Waals surface area contributed by atoms with Crippen molar-refractivity contribution in [2.24, 2.45) is 5.10 Å². The minimum atomic E-state index is -3.80. The number of nitrogen functional groups attached to an aromatic ring is 1. The molecule has 0 aliphatic carbocycles. The molecule has 28 heavy (non-hydrogen) atoms. The largest absolute Gasteiger partial charge is 0.399 e. The van der Waals surface area contributed by atoms with Crippen LogP contribution in [0.5, 0.6) is 0 Å². The number of sulfonamides is 1. The van der Waals surface area contributed by atoms with Gasteiger partial charge in [0.15, 0.2) is 0 Å². The molecule has 9 nitrogen and oxygen atoms in total. The number of hydrazone groups is 1. The molecule has 0 heterocycles. The van der Waals surface area contributed by atoms with Gasteiger partial charge in [-0.1, -0.05) is 26.0 Å². The summed E-state index contributed by atoms with van der Waals surface area (Å²) in [5.74, 6) is 0. The lowest BCUT2D eigenvalue weighted by molar-refractivity contribution is -0.384. The van der Waals surface area contributed by atoms with Gasteiger partial charge in [-0.15, -0.1) is 0 Å². The molecule has 2 rings (SSSR count). The predicted octanol–water partition coefficient (Wildman–Crippen LogP) is 3.04. The molecule has 0 unspecified atom stereocenters. The van der Waals surface area contributed by atoms with Gasteiger partial charge in [-0.25, -0.2) is 8.42 Å². The zero-order chi connectivity index (χ0) is 20.9. The fourth-order valence-corrected chi connectivity index (χ4v) is 4.04. The third-order valence-electron chi connectivity index (χ3n) is 4.18. The molecule has 0 atom stereocenters. The van der Waals surface area contributed by atoms with Gasteiger partial charge < -0.3 is 5.73 Å². The molecule has 2 aromatic carbocycles. The van der Waals surface area contributed by atoms with E-state index in [1.807, 2.05) is 0 Å². The van der Waals surface area contributed by atoms with Gasteiger partial charge in [0.2, 0.25) is 10.0 Å². The van der Waals surface area contributed by atoms with Crippen LogP contribution in [-0.4, -0.2) is 36.4 Å². The highest BCUT2D eigenvalue weighted by Crippen LogP contribution is 2.29. The quantitative estimate of drug-likeness (QED) is 0.300. The molecule has 0 saturated carbocycles. The third kappa shape index (κ3) is 4.65. The van der Waals surface area contributed by atoms with E-state index < -0.39 is 14.9 Å². The van der Waals surface area contributed by atoms with Crippen molar-refractivity contribution in [2.45, 2.75) is 25.7 Å². The highest BCUT2D eigenvalue weighted by atomic mass is 32.2. The number of nitrogens with zero attached hydrogens (tertiary/aromatic N) is 3. The molecule has 0 radical (unpaired) electrons. The first-order valence-corrected chi connectivity index (χ1v) is 10.1. The Hall–Kier alpha value is -2.98. The second kappa shape index (κ2) is 8.81. The van der Waals surface area contributed by atoms with E-state index in [-0.39, 0.29) is 29.4 Å². The smallest absolute Gasteiger partial charge is 0.295 e. The zero-order valence-corrected chi connectivity index (χ0v) is 16.7. The first kappa shape index (κ1) is 21.3. The molecule has 3 N–H and O–H groups in total. The summed E-state index contributed by atoms with van der Waals surface area (Å²) in [4.78, 5) is 10.7. The Bertz CT molecular complexity index is 984. The summed E-state index contributed by atoms with van der Waals surface area (Å²) in [6.07, 6.45) is 0. The van der Waals surface area contributed by atoms with E-state index >= 15 is 0 Å². The van der Waals surface area contributed by atoms with Gasteiger partial charge >= 0.3 is 0 Å². The summed E-state index contributed by atoms with van der Waals surface area (Å²) >= 11 is 0. The maximum atomic E-state index is 12.6. The molecule has 0 aromatic heterocycles. The van der Waals surface area contributed by atoms with Gasteiger partial charge in [0, 0.05) is 24.8 Å². The lowest BCUT2D eigenvalue weighted by atomic mass is 10.1. The fourth-order valence-electron chi connectivity index (χ4n) is 2.56. The number of rotatable bonds is 8. The molecular weight excluding hydrogens is 382 g/mol. The van der Waals surface area contributed by atoms with Gasteiger partial charge in [-0.05, 0) is 36.8 Å². The highest BCUT2D eigenvalue weighted by Gasteiger charge is 2.25. The Labute approximate surface area is 164 Å². The van der Waals surface area contributed by atoms with E-state index in [1.165, 1.54) is 16.4 Å². The molecule has 0 bridgehead atoms. The van der Waals surface area contributed by atoms with Crippen molar-refractivity contribution in [3.05, 3.63) is 58.1 Å². The Morgan fingerprint density at radius 3 is 2.32 bits per heavy atom. The SMILES string of the molecule is CCN(CC)S(=O)(=O)c1ccc(N/N=C(\C)c2ccc(N)cc2)c([N+](=O)[O-])c1. The molecule has 2 aromatic rings. The minimum Gasteiger partial charge on any atom is -0.399 e. The summed E-state index contributed by atoms with van der Waals surface area (Å²) < 4.78 is 26.4. The average molecular weight is 405 g/mol. The summed E-state index contributed by atoms with van der Waals surface area (Å²) in [5, 5.41) is 15.6. The lowest BCUT2D eigenvalue weighted by Gasteiger charge is -2.18. The molecule has 0 aliphatic heterocycles. The van der Waals surface area contributed by atoms with Crippen molar-refractivity contribution in [3.63, 3.8) is 0 Å². The Morgan fingerprint density at radius 2 is 1.79 bits per heavy atom. The number of nitrogens with two attached hydrogens (primary N) is 1. The number of hydrogen-bond donors (Lipinski definition) is 2. The van der Waals surface area contributed by atoms with Crippen LogP contribution in [0.3, 0.4) is 0 Å². The van der Waals surface area contributed by atoms with Gasteiger partial charge in [0.05, 0.1) is 15.5 Å². The van der Waals surface area contributed by atoms with Crippen LogP contribution in [0, 0.1) is 10.1 Å². The van der Waals surface area contributed by atoms with Crippen LogP contribution in [0.2, 0.25) is 0 Å². The van der Waals surface area contributed by atoms with Crippen molar-refractivity contribution in [1.82, 2.24) is 4.31 Å². The predicted molar refractivity (Wildman–Crippen MR) is 110 cm³/mol. The zero-order valence-electron chi connectivity index (χ0n) is 15.9. The van der Waals surface area contributed by atoms with Crippen molar-refractivity contribution < 1.29 is 13.3 Å². The van der Waals surface area contributed by atoms with Crippen molar-refractivity contribution in [1.29, 1.82) is 0 Å². The minimum absolute atomic E-state index is 0.0956. The van der Waals surface area contributed by atoms with Crippen molar-refractivity contribution >= 4 is 32.8 Å². The van der Waals surface area contributed by atoms with Gasteiger partial charge in [-0.3, -0.25) is 15.5 Å². The van der Waals surface area contributed by atoms with E-state index in [2.05, 4.69) is 10.5 Å². The standard InChI is InChI=1S/C18H23N5O4S/c1-4-22(5-2)28(26,27)16-10-11-17(18(12-16)23(24)25)21-20-13(3)14-6-8-15(19)9-7-14/h6-12,21H,4-5,19H2,1-3H3/b20-13+. The second-order valence-electron chi connectivity index (χ2n) is 5.96. The topological polar surface area (TPSA) is 131 Å². The Balaban J connectivity index is 2.37. The number of nitro groups is 1. The van der Waals surface area contributed by atoms with Crippen LogP contribution in [0.4, 0.5) is 17.1 Å². The summed E-state index contributed by atoms with van der Waals surface area (Å²) in [6, 6.07) is 10.7. The van der Waals surface area contributed by atoms with E-state index in [0.717, 1.165) is 11.6 Å².